The number of likely N-dealkylation sites (N-methyl/N-ethyl adjacent to an activating group) is 1. The molecule has 0 unspecified atom stereocenters. The van der Waals surface area contributed by atoms with E-state index in [0.29, 0.717) is 24.4 Å². The molecule has 2 aromatic carbocycles. The summed E-state index contributed by atoms with van der Waals surface area (Å²) >= 11 is 6.19. The molecule has 0 aliphatic rings. The second kappa shape index (κ2) is 12.8. The van der Waals surface area contributed by atoms with Crippen molar-refractivity contribution in [3.63, 3.8) is 0 Å². The zero-order valence-electron chi connectivity index (χ0n) is 20.9. The number of nitrogens with one attached hydrogen (secondary N) is 1. The number of hydrogen-bond acceptors (Lipinski definition) is 5. The fourth-order valence-electron chi connectivity index (χ4n) is 3.87. The lowest BCUT2D eigenvalue weighted by molar-refractivity contribution is -0.141. The Morgan fingerprint density at radius 1 is 1.17 bits per heavy atom. The highest BCUT2D eigenvalue weighted by Crippen LogP contribution is 2.30. The topological polar surface area (TPSA) is 96.0 Å². The lowest BCUT2D eigenvalue weighted by Gasteiger charge is -2.31. The second-order valence-corrected chi connectivity index (χ2v) is 10.6. The van der Waals surface area contributed by atoms with Gasteiger partial charge in [0.1, 0.15) is 11.8 Å². The van der Waals surface area contributed by atoms with Crippen molar-refractivity contribution in [2.75, 3.05) is 31.3 Å². The fourth-order valence-corrected chi connectivity index (χ4v) is 5.08. The maximum absolute atomic E-state index is 13.3. The molecule has 2 rings (SSSR count). The van der Waals surface area contributed by atoms with Crippen LogP contribution in [0.4, 0.5) is 5.69 Å². The Hall–Kier alpha value is -2.78. The van der Waals surface area contributed by atoms with Gasteiger partial charge in [-0.3, -0.25) is 13.9 Å². The third kappa shape index (κ3) is 7.60. The largest absolute Gasteiger partial charge is 0.495 e. The van der Waals surface area contributed by atoms with E-state index in [0.717, 1.165) is 17.4 Å². The summed E-state index contributed by atoms with van der Waals surface area (Å²) in [4.78, 5) is 27.4. The molecule has 0 bridgehead atoms. The lowest BCUT2D eigenvalue weighted by Crippen LogP contribution is -2.48. The molecule has 0 aromatic heterocycles. The van der Waals surface area contributed by atoms with E-state index in [1.165, 1.54) is 17.5 Å². The molecule has 0 radical (unpaired) electrons. The van der Waals surface area contributed by atoms with Gasteiger partial charge in [-0.15, -0.1) is 0 Å². The van der Waals surface area contributed by atoms with Crippen molar-refractivity contribution in [3.8, 4) is 5.75 Å². The standard InChI is InChI=1S/C25H34ClN3O5S/c1-6-22(25(31)27-3)28(17-19-11-8-7-10-18(19)2)24(30)12-9-15-29(35(5,32)33)20-13-14-23(34-4)21(26)16-20/h7-8,10-11,13-14,16,22H,6,9,12,15,17H2,1-5H3,(H,27,31)/t22-/m0/s1. The number of ether oxygens (including phenoxy) is 1. The molecule has 2 amide bonds. The van der Waals surface area contributed by atoms with E-state index in [1.54, 1.807) is 24.1 Å². The first-order valence-electron chi connectivity index (χ1n) is 11.4. The van der Waals surface area contributed by atoms with Crippen LogP contribution in [0.2, 0.25) is 5.02 Å². The summed E-state index contributed by atoms with van der Waals surface area (Å²) in [5.41, 5.74) is 2.37. The maximum atomic E-state index is 13.3. The normalized spacial score (nSPS) is 12.1. The number of aryl methyl sites for hydroxylation is 1. The Bertz CT molecular complexity index is 1140. The SMILES string of the molecule is CC[C@@H](C(=O)NC)N(Cc1ccccc1C)C(=O)CCCN(c1ccc(OC)c(Cl)c1)S(C)(=O)=O. The number of amides is 2. The highest BCUT2D eigenvalue weighted by molar-refractivity contribution is 7.92. The van der Waals surface area contributed by atoms with Crippen molar-refractivity contribution < 1.29 is 22.7 Å². The summed E-state index contributed by atoms with van der Waals surface area (Å²) in [5.74, 6) is -0.0179. The van der Waals surface area contributed by atoms with Crippen LogP contribution in [-0.4, -0.2) is 58.1 Å². The Labute approximate surface area is 213 Å². The zero-order valence-corrected chi connectivity index (χ0v) is 22.4. The van der Waals surface area contributed by atoms with Crippen LogP contribution in [0.25, 0.3) is 0 Å². The average Bonchev–Trinajstić information content (AvgIpc) is 2.81. The highest BCUT2D eigenvalue weighted by atomic mass is 35.5. The summed E-state index contributed by atoms with van der Waals surface area (Å²) < 4.78 is 31.3. The summed E-state index contributed by atoms with van der Waals surface area (Å²) in [6.07, 6.45) is 1.91. The van der Waals surface area contributed by atoms with Crippen molar-refractivity contribution in [1.82, 2.24) is 10.2 Å². The number of rotatable bonds is 12. The van der Waals surface area contributed by atoms with Crippen LogP contribution in [0.1, 0.15) is 37.3 Å². The Balaban J connectivity index is 2.22. The lowest BCUT2D eigenvalue weighted by atomic mass is 10.1. The van der Waals surface area contributed by atoms with E-state index < -0.39 is 16.1 Å². The van der Waals surface area contributed by atoms with Gasteiger partial charge in [-0.2, -0.15) is 0 Å². The molecular formula is C25H34ClN3O5S. The van der Waals surface area contributed by atoms with Gasteiger partial charge >= 0.3 is 0 Å². The Morgan fingerprint density at radius 3 is 2.40 bits per heavy atom. The van der Waals surface area contributed by atoms with E-state index >= 15 is 0 Å². The molecule has 1 N–H and O–H groups in total. The molecular weight excluding hydrogens is 490 g/mol. The van der Waals surface area contributed by atoms with E-state index in [2.05, 4.69) is 5.32 Å². The first-order chi connectivity index (χ1) is 16.5. The van der Waals surface area contributed by atoms with Crippen molar-refractivity contribution >= 4 is 39.1 Å². The number of hydrogen-bond donors (Lipinski definition) is 1. The van der Waals surface area contributed by atoms with Crippen LogP contribution in [0.15, 0.2) is 42.5 Å². The molecule has 0 fully saturated rings. The number of sulfonamides is 1. The molecule has 0 saturated carbocycles. The van der Waals surface area contributed by atoms with Crippen LogP contribution in [0, 0.1) is 6.92 Å². The van der Waals surface area contributed by atoms with E-state index in [9.17, 15) is 18.0 Å². The maximum Gasteiger partial charge on any atom is 0.242 e. The van der Waals surface area contributed by atoms with Crippen molar-refractivity contribution in [3.05, 3.63) is 58.6 Å². The number of halogens is 1. The minimum Gasteiger partial charge on any atom is -0.495 e. The number of carbonyl (C=O) groups excluding carboxylic acids is 2. The van der Waals surface area contributed by atoms with E-state index in [4.69, 9.17) is 16.3 Å². The highest BCUT2D eigenvalue weighted by Gasteiger charge is 2.28. The first kappa shape index (κ1) is 28.5. The van der Waals surface area contributed by atoms with Gasteiger partial charge in [0.25, 0.3) is 0 Å². The monoisotopic (exact) mass is 523 g/mol. The van der Waals surface area contributed by atoms with Gasteiger partial charge < -0.3 is 15.0 Å². The Morgan fingerprint density at radius 2 is 1.86 bits per heavy atom. The predicted octanol–water partition coefficient (Wildman–Crippen LogP) is 3.76. The molecule has 35 heavy (non-hydrogen) atoms. The molecule has 192 valence electrons. The summed E-state index contributed by atoms with van der Waals surface area (Å²) in [7, 11) is -0.595. The Kier molecular flexibility index (Phi) is 10.4. The number of benzene rings is 2. The summed E-state index contributed by atoms with van der Waals surface area (Å²) in [6, 6.07) is 11.8. The van der Waals surface area contributed by atoms with E-state index in [1.807, 2.05) is 38.1 Å². The molecule has 0 aliphatic carbocycles. The molecule has 0 spiro atoms. The minimum atomic E-state index is -3.62. The third-order valence-electron chi connectivity index (χ3n) is 5.81. The van der Waals surface area contributed by atoms with Crippen LogP contribution >= 0.6 is 11.6 Å². The molecule has 1 atom stereocenters. The second-order valence-electron chi connectivity index (χ2n) is 8.24. The quantitative estimate of drug-likeness (QED) is 0.457. The molecule has 8 nitrogen and oxygen atoms in total. The van der Waals surface area contributed by atoms with Gasteiger partial charge in [0.15, 0.2) is 0 Å². The summed E-state index contributed by atoms with van der Waals surface area (Å²) in [5, 5.41) is 2.93. The van der Waals surface area contributed by atoms with Crippen molar-refractivity contribution in [2.24, 2.45) is 0 Å². The molecule has 2 aromatic rings. The van der Waals surface area contributed by atoms with Gasteiger partial charge in [-0.1, -0.05) is 42.8 Å². The number of methoxy groups -OCH3 is 1. The van der Waals surface area contributed by atoms with Gasteiger partial charge in [0.05, 0.1) is 24.1 Å². The van der Waals surface area contributed by atoms with Crippen LogP contribution < -0.4 is 14.4 Å². The smallest absolute Gasteiger partial charge is 0.242 e. The third-order valence-corrected chi connectivity index (χ3v) is 7.30. The summed E-state index contributed by atoms with van der Waals surface area (Å²) in [6.45, 7) is 4.20. The fraction of sp³-hybridized carbons (Fsp3) is 0.440. The molecule has 0 aliphatic heterocycles. The number of carbonyl (C=O) groups is 2. The van der Waals surface area contributed by atoms with Gasteiger partial charge in [-0.25, -0.2) is 8.42 Å². The molecule has 0 heterocycles. The number of anilines is 1. The minimum absolute atomic E-state index is 0.0787. The zero-order chi connectivity index (χ0) is 26.2. The first-order valence-corrected chi connectivity index (χ1v) is 13.6. The molecule has 0 saturated heterocycles. The van der Waals surface area contributed by atoms with Crippen LogP contribution in [0.5, 0.6) is 5.75 Å². The van der Waals surface area contributed by atoms with Gasteiger partial charge in [0.2, 0.25) is 21.8 Å². The average molecular weight is 524 g/mol. The van der Waals surface area contributed by atoms with Gasteiger partial charge in [0, 0.05) is 26.6 Å². The van der Waals surface area contributed by atoms with E-state index in [-0.39, 0.29) is 36.2 Å². The predicted molar refractivity (Wildman–Crippen MR) is 139 cm³/mol. The van der Waals surface area contributed by atoms with Crippen molar-refractivity contribution in [1.29, 1.82) is 0 Å². The number of nitrogens with zero attached hydrogens (tertiary/aromatic N) is 2. The van der Waals surface area contributed by atoms with Crippen LogP contribution in [-0.2, 0) is 26.2 Å². The van der Waals surface area contributed by atoms with Crippen molar-refractivity contribution in [2.45, 2.75) is 45.7 Å². The molecule has 10 heteroatoms. The van der Waals surface area contributed by atoms with Gasteiger partial charge in [-0.05, 0) is 49.1 Å². The van der Waals surface area contributed by atoms with Crippen LogP contribution in [0.3, 0.4) is 0 Å².